The molecule has 0 aliphatic rings. The van der Waals surface area contributed by atoms with Gasteiger partial charge in [-0.05, 0) is 0 Å². The van der Waals surface area contributed by atoms with Gasteiger partial charge in [0.05, 0.1) is 0 Å². The van der Waals surface area contributed by atoms with Crippen molar-refractivity contribution in [3.8, 4) is 11.5 Å². The molecule has 4 aromatic rings. The molecule has 0 aliphatic heterocycles. The van der Waals surface area contributed by atoms with Crippen LogP contribution in [-0.2, 0) is 0 Å². The van der Waals surface area contributed by atoms with E-state index in [2.05, 4.69) is 15.0 Å². The van der Waals surface area contributed by atoms with Crippen molar-refractivity contribution in [1.82, 2.24) is 15.0 Å². The number of thiazole rings is 1. The van der Waals surface area contributed by atoms with Crippen LogP contribution in [0.4, 0.5) is 10.5 Å². The van der Waals surface area contributed by atoms with E-state index in [1.165, 1.54) is 11.3 Å². The van der Waals surface area contributed by atoms with E-state index in [9.17, 15) is 4.79 Å². The average molecular weight is 478 g/mol. The fourth-order valence-electron chi connectivity index (χ4n) is 2.56. The van der Waals surface area contributed by atoms with Crippen LogP contribution in [0, 0.1) is 0 Å². The maximum absolute atomic E-state index is 12.7. The van der Waals surface area contributed by atoms with Crippen molar-refractivity contribution in [2.75, 3.05) is 11.9 Å². The second kappa shape index (κ2) is 7.64. The molecule has 0 unspecified atom stereocenters. The zero-order valence-corrected chi connectivity index (χ0v) is 18.2. The summed E-state index contributed by atoms with van der Waals surface area (Å²) >= 11 is 12.9. The molecule has 0 saturated heterocycles. The molecule has 2 heterocycles. The Labute approximate surface area is 176 Å². The number of anilines is 1. The fraction of sp³-hybridized carbons (Fsp3) is 0.0556. The van der Waals surface area contributed by atoms with E-state index in [4.69, 9.17) is 23.2 Å². The van der Waals surface area contributed by atoms with Gasteiger partial charge in [-0.15, -0.1) is 0 Å². The molecule has 2 aromatic heterocycles. The maximum atomic E-state index is 12.7. The number of carbonyl (C=O) groups excluding carboxylic acids is 1. The Bertz CT molecular complexity index is 1130. The van der Waals surface area contributed by atoms with E-state index < -0.39 is 15.8 Å². The molecule has 27 heavy (non-hydrogen) atoms. The topological polar surface area (TPSA) is 61.9 Å². The standard InChI is InChI=1S/C18H12AsCl2N4OS/c1-25(16-5-3-11(20)7-12(16)21)18(26)19-10-2-4-13-14(6-10)24-17(23-13)15-8-27-9-22-15/h2-9H,1H3,(H,23,24). The first kappa shape index (κ1) is 18.5. The predicted molar refractivity (Wildman–Crippen MR) is 113 cm³/mol. The monoisotopic (exact) mass is 477 g/mol. The van der Waals surface area contributed by atoms with Gasteiger partial charge in [-0.25, -0.2) is 0 Å². The molecule has 4 rings (SSSR count). The molecule has 0 bridgehead atoms. The van der Waals surface area contributed by atoms with Gasteiger partial charge in [0.25, 0.3) is 0 Å². The summed E-state index contributed by atoms with van der Waals surface area (Å²) in [4.78, 5) is 26.4. The average Bonchev–Trinajstić information content (AvgIpc) is 3.30. The summed E-state index contributed by atoms with van der Waals surface area (Å²) in [5, 5.41) is 2.94. The van der Waals surface area contributed by atoms with Crippen molar-refractivity contribution in [3.05, 3.63) is 57.3 Å². The second-order valence-corrected chi connectivity index (χ2v) is 9.63. The number of imidazole rings is 1. The zero-order valence-electron chi connectivity index (χ0n) is 14.0. The van der Waals surface area contributed by atoms with Crippen LogP contribution in [-0.4, -0.2) is 42.4 Å². The Morgan fingerprint density at radius 1 is 1.22 bits per heavy atom. The van der Waals surface area contributed by atoms with Gasteiger partial charge < -0.3 is 0 Å². The number of hydrogen-bond acceptors (Lipinski definition) is 4. The van der Waals surface area contributed by atoms with Gasteiger partial charge in [-0.2, -0.15) is 0 Å². The molecule has 0 aliphatic carbocycles. The third-order valence-corrected chi connectivity index (χ3v) is 7.20. The van der Waals surface area contributed by atoms with Gasteiger partial charge in [-0.1, -0.05) is 0 Å². The molecule has 0 saturated carbocycles. The summed E-state index contributed by atoms with van der Waals surface area (Å²) in [7, 11) is 1.72. The normalized spacial score (nSPS) is 11.5. The number of amides is 1. The van der Waals surface area contributed by atoms with Crippen LogP contribution in [0.2, 0.25) is 10.0 Å². The van der Waals surface area contributed by atoms with Gasteiger partial charge in [0.15, 0.2) is 0 Å². The summed E-state index contributed by atoms with van der Waals surface area (Å²) < 4.78 is 1.00. The first-order valence-electron chi connectivity index (χ1n) is 7.84. The number of nitrogens with zero attached hydrogens (tertiary/aromatic N) is 3. The Morgan fingerprint density at radius 2 is 2.07 bits per heavy atom. The fourth-order valence-corrected chi connectivity index (χ4v) is 5.35. The van der Waals surface area contributed by atoms with E-state index >= 15 is 0 Å². The summed E-state index contributed by atoms with van der Waals surface area (Å²) in [5.74, 6) is 0.732. The summed E-state index contributed by atoms with van der Waals surface area (Å²) in [5.41, 5.74) is 4.99. The Morgan fingerprint density at radius 3 is 2.81 bits per heavy atom. The molecule has 1 radical (unpaired) electrons. The molecule has 1 N–H and O–H groups in total. The zero-order chi connectivity index (χ0) is 19.0. The summed E-state index contributed by atoms with van der Waals surface area (Å²) in [6.07, 6.45) is 0. The number of H-pyrrole nitrogens is 1. The van der Waals surface area contributed by atoms with Gasteiger partial charge in [0.2, 0.25) is 0 Å². The Hall–Kier alpha value is -1.85. The number of benzene rings is 2. The molecular formula is C18H12AsCl2N4OS. The van der Waals surface area contributed by atoms with Crippen molar-refractivity contribution in [3.63, 3.8) is 0 Å². The number of carbonyl (C=O) groups is 1. The van der Waals surface area contributed by atoms with Crippen LogP contribution in [0.15, 0.2) is 47.3 Å². The number of halogens is 2. The van der Waals surface area contributed by atoms with E-state index in [1.54, 1.807) is 35.7 Å². The van der Waals surface area contributed by atoms with Crippen molar-refractivity contribution in [2.45, 2.75) is 0 Å². The summed E-state index contributed by atoms with van der Waals surface area (Å²) in [6.45, 7) is 0. The van der Waals surface area contributed by atoms with Gasteiger partial charge >= 0.3 is 177 Å². The minimum atomic E-state index is -0.731. The van der Waals surface area contributed by atoms with E-state index in [0.717, 1.165) is 26.9 Å². The van der Waals surface area contributed by atoms with Crippen molar-refractivity contribution < 1.29 is 4.79 Å². The predicted octanol–water partition coefficient (Wildman–Crippen LogP) is 4.58. The first-order chi connectivity index (χ1) is 13.0. The third kappa shape index (κ3) is 3.90. The van der Waals surface area contributed by atoms with Crippen LogP contribution in [0.25, 0.3) is 22.6 Å². The van der Waals surface area contributed by atoms with E-state index in [-0.39, 0.29) is 4.69 Å². The number of fused-ring (bicyclic) bond motifs is 1. The van der Waals surface area contributed by atoms with E-state index in [1.807, 2.05) is 23.6 Å². The molecule has 0 atom stereocenters. The molecule has 0 spiro atoms. The van der Waals surface area contributed by atoms with Crippen LogP contribution >= 0.6 is 34.5 Å². The Balaban J connectivity index is 1.56. The van der Waals surface area contributed by atoms with Crippen molar-refractivity contribution in [1.29, 1.82) is 0 Å². The van der Waals surface area contributed by atoms with Crippen LogP contribution in [0.1, 0.15) is 0 Å². The molecule has 135 valence electrons. The van der Waals surface area contributed by atoms with Gasteiger partial charge in [-0.3, -0.25) is 0 Å². The van der Waals surface area contributed by atoms with Crippen LogP contribution < -0.4 is 9.25 Å². The van der Waals surface area contributed by atoms with Crippen molar-refractivity contribution in [2.24, 2.45) is 0 Å². The quantitative estimate of drug-likeness (QED) is 0.437. The number of nitrogens with one attached hydrogen (secondary N) is 1. The molecule has 5 nitrogen and oxygen atoms in total. The molecular weight excluding hydrogens is 466 g/mol. The van der Waals surface area contributed by atoms with Crippen LogP contribution in [0.5, 0.6) is 0 Å². The molecule has 1 amide bonds. The molecule has 2 aromatic carbocycles. The van der Waals surface area contributed by atoms with E-state index in [0.29, 0.717) is 15.7 Å². The third-order valence-electron chi connectivity index (χ3n) is 3.92. The number of aromatic amines is 1. The minimum absolute atomic E-state index is 0.0223. The van der Waals surface area contributed by atoms with Gasteiger partial charge in [0.1, 0.15) is 0 Å². The Kier molecular flexibility index (Phi) is 5.24. The molecule has 0 fully saturated rings. The SMILES string of the molecule is CN(C(=O)[As]c1ccc2nc(-c3cscn3)[nH]c2c1)c1ccc(Cl)cc1Cl. The number of hydrogen-bond donors (Lipinski definition) is 1. The van der Waals surface area contributed by atoms with Crippen LogP contribution in [0.3, 0.4) is 0 Å². The second-order valence-electron chi connectivity index (χ2n) is 5.71. The van der Waals surface area contributed by atoms with Gasteiger partial charge in [0, 0.05) is 0 Å². The summed E-state index contributed by atoms with van der Waals surface area (Å²) in [6, 6.07) is 11.0. The van der Waals surface area contributed by atoms with Crippen molar-refractivity contribution >= 4 is 76.1 Å². The number of rotatable bonds is 4. The first-order valence-corrected chi connectivity index (χ1v) is 11.4. The number of aromatic nitrogens is 3. The molecule has 9 heteroatoms.